The van der Waals surface area contributed by atoms with Crippen molar-refractivity contribution >= 4 is 28.7 Å². The Morgan fingerprint density at radius 2 is 2.14 bits per heavy atom. The van der Waals surface area contributed by atoms with Crippen LogP contribution >= 0.6 is 0 Å². The van der Waals surface area contributed by atoms with Gasteiger partial charge in [-0.3, -0.25) is 20.0 Å². The number of likely N-dealkylation sites (tertiary alicyclic amines) is 1. The molecule has 154 valence electrons. The van der Waals surface area contributed by atoms with Gasteiger partial charge in [0.25, 0.3) is 5.69 Å². The molecule has 1 aliphatic rings. The highest BCUT2D eigenvalue weighted by atomic mass is 16.7. The SMILES string of the molecule is CCCOC(=O)N1CCCC1C(=O)OCOc1ccc([N+](=O)[O-])c2cccnc12. The standard InChI is InChI=1S/C19H21N3O7/c1-2-11-27-19(24)21-10-4-6-15(21)18(23)29-12-28-16-8-7-14(22(25)26)13-5-3-9-20-17(13)16/h3,5,7-9,15H,2,4,6,10-12H2,1H3. The van der Waals surface area contributed by atoms with Crippen LogP contribution in [0.2, 0.25) is 0 Å². The molecule has 0 radical (unpaired) electrons. The number of fused-ring (bicyclic) bond motifs is 1. The fraction of sp³-hybridized carbons (Fsp3) is 0.421. The molecule has 0 aliphatic carbocycles. The van der Waals surface area contributed by atoms with Crippen molar-refractivity contribution in [3.8, 4) is 5.75 Å². The molecule has 0 N–H and O–H groups in total. The first kappa shape index (κ1) is 20.3. The smallest absolute Gasteiger partial charge is 0.410 e. The molecule has 1 aliphatic heterocycles. The van der Waals surface area contributed by atoms with Crippen LogP contribution in [0.15, 0.2) is 30.5 Å². The molecule has 10 nitrogen and oxygen atoms in total. The second-order valence-corrected chi connectivity index (χ2v) is 6.43. The van der Waals surface area contributed by atoms with E-state index in [1.54, 1.807) is 12.1 Å². The number of carbonyl (C=O) groups is 2. The summed E-state index contributed by atoms with van der Waals surface area (Å²) >= 11 is 0. The van der Waals surface area contributed by atoms with Crippen molar-refractivity contribution in [2.45, 2.75) is 32.2 Å². The number of carbonyl (C=O) groups excluding carboxylic acids is 2. The molecule has 1 amide bonds. The lowest BCUT2D eigenvalue weighted by Gasteiger charge is -2.22. The lowest BCUT2D eigenvalue weighted by Crippen LogP contribution is -2.42. The molecule has 0 bridgehead atoms. The van der Waals surface area contributed by atoms with Crippen molar-refractivity contribution in [2.24, 2.45) is 0 Å². The minimum atomic E-state index is -0.713. The number of aromatic nitrogens is 1. The van der Waals surface area contributed by atoms with Crippen LogP contribution in [0.5, 0.6) is 5.75 Å². The highest BCUT2D eigenvalue weighted by Crippen LogP contribution is 2.31. The number of ether oxygens (including phenoxy) is 3. The van der Waals surface area contributed by atoms with Crippen molar-refractivity contribution in [1.82, 2.24) is 9.88 Å². The molecule has 10 heteroatoms. The number of nitro groups is 1. The first-order valence-corrected chi connectivity index (χ1v) is 9.28. The van der Waals surface area contributed by atoms with Gasteiger partial charge in [-0.2, -0.15) is 0 Å². The molecular formula is C19H21N3O7. The second kappa shape index (κ2) is 9.18. The van der Waals surface area contributed by atoms with Gasteiger partial charge in [-0.15, -0.1) is 0 Å². The van der Waals surface area contributed by atoms with Crippen molar-refractivity contribution in [3.05, 3.63) is 40.6 Å². The van der Waals surface area contributed by atoms with Crippen molar-refractivity contribution in [1.29, 1.82) is 0 Å². The van der Waals surface area contributed by atoms with Crippen molar-refractivity contribution in [3.63, 3.8) is 0 Å². The Bertz CT molecular complexity index is 918. The van der Waals surface area contributed by atoms with Gasteiger partial charge in [0, 0.05) is 18.8 Å². The molecule has 1 aromatic heterocycles. The Morgan fingerprint density at radius 3 is 2.90 bits per heavy atom. The molecule has 1 fully saturated rings. The average Bonchev–Trinajstić information content (AvgIpc) is 3.22. The number of hydrogen-bond donors (Lipinski definition) is 0. The van der Waals surface area contributed by atoms with E-state index in [1.807, 2.05) is 6.92 Å². The zero-order valence-corrected chi connectivity index (χ0v) is 15.9. The van der Waals surface area contributed by atoms with Crippen LogP contribution < -0.4 is 4.74 Å². The van der Waals surface area contributed by atoms with Gasteiger partial charge in [0.05, 0.1) is 16.9 Å². The number of pyridine rings is 1. The molecule has 3 rings (SSSR count). The van der Waals surface area contributed by atoms with Gasteiger partial charge in [-0.25, -0.2) is 9.59 Å². The summed E-state index contributed by atoms with van der Waals surface area (Å²) in [6.07, 6.45) is 2.82. The fourth-order valence-electron chi connectivity index (χ4n) is 3.16. The predicted octanol–water partition coefficient (Wildman–Crippen LogP) is 3.03. The molecule has 1 atom stereocenters. The number of nitrogens with zero attached hydrogens (tertiary/aromatic N) is 3. The van der Waals surface area contributed by atoms with Gasteiger partial charge in [0.1, 0.15) is 17.3 Å². The topological polar surface area (TPSA) is 121 Å². The minimum absolute atomic E-state index is 0.0929. The molecule has 0 saturated carbocycles. The maximum Gasteiger partial charge on any atom is 0.410 e. The summed E-state index contributed by atoms with van der Waals surface area (Å²) < 4.78 is 15.7. The molecule has 0 spiro atoms. The summed E-state index contributed by atoms with van der Waals surface area (Å²) in [6, 6.07) is 5.16. The Morgan fingerprint density at radius 1 is 1.31 bits per heavy atom. The van der Waals surface area contributed by atoms with Crippen molar-refractivity contribution < 1.29 is 28.7 Å². The van der Waals surface area contributed by atoms with Crippen LogP contribution in [0.3, 0.4) is 0 Å². The van der Waals surface area contributed by atoms with E-state index in [4.69, 9.17) is 14.2 Å². The fourth-order valence-corrected chi connectivity index (χ4v) is 3.16. The monoisotopic (exact) mass is 403 g/mol. The summed E-state index contributed by atoms with van der Waals surface area (Å²) in [4.78, 5) is 40.6. The van der Waals surface area contributed by atoms with E-state index in [0.29, 0.717) is 43.3 Å². The number of esters is 1. The quantitative estimate of drug-likeness (QED) is 0.299. The van der Waals surface area contributed by atoms with Crippen molar-refractivity contribution in [2.75, 3.05) is 19.9 Å². The highest BCUT2D eigenvalue weighted by molar-refractivity contribution is 5.92. The summed E-state index contributed by atoms with van der Waals surface area (Å²) in [6.45, 7) is 2.20. The minimum Gasteiger partial charge on any atom is -0.455 e. The normalized spacial score (nSPS) is 15.9. The van der Waals surface area contributed by atoms with Gasteiger partial charge in [-0.1, -0.05) is 6.92 Å². The highest BCUT2D eigenvalue weighted by Gasteiger charge is 2.36. The molecule has 2 aromatic rings. The summed E-state index contributed by atoms with van der Waals surface area (Å²) in [5.41, 5.74) is 0.202. The summed E-state index contributed by atoms with van der Waals surface area (Å²) in [5.74, 6) is -0.334. The summed E-state index contributed by atoms with van der Waals surface area (Å²) in [5, 5.41) is 11.5. The van der Waals surface area contributed by atoms with Gasteiger partial charge in [-0.05, 0) is 37.5 Å². The zero-order chi connectivity index (χ0) is 20.8. The first-order chi connectivity index (χ1) is 14.0. The van der Waals surface area contributed by atoms with Crippen LogP contribution in [0, 0.1) is 10.1 Å². The third kappa shape index (κ3) is 4.53. The van der Waals surface area contributed by atoms with Crippen LogP contribution in [0.1, 0.15) is 26.2 Å². The largest absolute Gasteiger partial charge is 0.455 e. The maximum atomic E-state index is 12.4. The molecule has 2 heterocycles. The van der Waals surface area contributed by atoms with E-state index in [2.05, 4.69) is 4.98 Å². The maximum absolute atomic E-state index is 12.4. The lowest BCUT2D eigenvalue weighted by atomic mass is 10.1. The van der Waals surface area contributed by atoms with E-state index < -0.39 is 29.8 Å². The average molecular weight is 403 g/mol. The summed E-state index contributed by atoms with van der Waals surface area (Å²) in [7, 11) is 0. The molecule has 29 heavy (non-hydrogen) atoms. The van der Waals surface area contributed by atoms with E-state index in [0.717, 1.165) is 0 Å². The zero-order valence-electron chi connectivity index (χ0n) is 15.9. The third-order valence-corrected chi connectivity index (χ3v) is 4.51. The van der Waals surface area contributed by atoms with E-state index in [9.17, 15) is 19.7 Å². The first-order valence-electron chi connectivity index (χ1n) is 9.28. The predicted molar refractivity (Wildman–Crippen MR) is 101 cm³/mol. The second-order valence-electron chi connectivity index (χ2n) is 6.43. The van der Waals surface area contributed by atoms with Crippen LogP contribution in [0.4, 0.5) is 10.5 Å². The lowest BCUT2D eigenvalue weighted by molar-refractivity contribution is -0.383. The van der Waals surface area contributed by atoms with E-state index >= 15 is 0 Å². The van der Waals surface area contributed by atoms with Gasteiger partial charge in [0.2, 0.25) is 6.79 Å². The third-order valence-electron chi connectivity index (χ3n) is 4.51. The number of hydrogen-bond acceptors (Lipinski definition) is 8. The van der Waals surface area contributed by atoms with Gasteiger partial charge < -0.3 is 14.2 Å². The number of rotatable bonds is 7. The van der Waals surface area contributed by atoms with Gasteiger partial charge in [0.15, 0.2) is 0 Å². The van der Waals surface area contributed by atoms with E-state index in [1.165, 1.54) is 23.2 Å². The molecule has 1 aromatic carbocycles. The molecule has 1 unspecified atom stereocenters. The number of benzene rings is 1. The Kier molecular flexibility index (Phi) is 6.43. The number of non-ortho nitro benzene ring substituents is 1. The number of nitro benzene ring substituents is 1. The van der Waals surface area contributed by atoms with Crippen LogP contribution in [-0.4, -0.2) is 52.9 Å². The molecule has 1 saturated heterocycles. The van der Waals surface area contributed by atoms with Gasteiger partial charge >= 0.3 is 12.1 Å². The Labute approximate surface area is 166 Å². The molecular weight excluding hydrogens is 382 g/mol. The van der Waals surface area contributed by atoms with Crippen LogP contribution in [0.25, 0.3) is 10.9 Å². The Balaban J connectivity index is 1.63. The van der Waals surface area contributed by atoms with Crippen LogP contribution in [-0.2, 0) is 14.3 Å². The van der Waals surface area contributed by atoms with E-state index in [-0.39, 0.29) is 11.4 Å². The Hall–Kier alpha value is -3.43. The number of amides is 1.